The second-order valence-electron chi connectivity index (χ2n) is 5.69. The standard InChI is InChI=1S/C16H22ClN3O4/c1-10(2)20(11(3)4)14(21)9-24-15(22)8-19-16(23)13-7-12(17)5-6-18-13/h5-7,10-11H,8-9H2,1-4H3,(H,19,23). The zero-order valence-electron chi connectivity index (χ0n) is 14.2. The average molecular weight is 356 g/mol. The van der Waals surface area contributed by atoms with E-state index in [2.05, 4.69) is 10.3 Å². The third kappa shape index (κ3) is 6.16. The van der Waals surface area contributed by atoms with Crippen molar-refractivity contribution in [2.75, 3.05) is 13.2 Å². The quantitative estimate of drug-likeness (QED) is 0.751. The minimum Gasteiger partial charge on any atom is -0.454 e. The number of halogens is 1. The summed E-state index contributed by atoms with van der Waals surface area (Å²) in [5.74, 6) is -1.53. The monoisotopic (exact) mass is 355 g/mol. The molecule has 0 bridgehead atoms. The van der Waals surface area contributed by atoms with Crippen LogP contribution in [0.4, 0.5) is 0 Å². The molecule has 0 aliphatic carbocycles. The Kier molecular flexibility index (Phi) is 7.64. The Morgan fingerprint density at radius 1 is 1.25 bits per heavy atom. The summed E-state index contributed by atoms with van der Waals surface area (Å²) in [6, 6.07) is 2.93. The van der Waals surface area contributed by atoms with Gasteiger partial charge in [0.15, 0.2) is 6.61 Å². The molecule has 1 aromatic rings. The third-order valence-electron chi connectivity index (χ3n) is 3.11. The maximum atomic E-state index is 12.1. The first-order valence-corrected chi connectivity index (χ1v) is 7.96. The van der Waals surface area contributed by atoms with Gasteiger partial charge in [-0.15, -0.1) is 0 Å². The van der Waals surface area contributed by atoms with Crippen molar-refractivity contribution in [3.63, 3.8) is 0 Å². The van der Waals surface area contributed by atoms with Gasteiger partial charge in [0, 0.05) is 23.3 Å². The normalized spacial score (nSPS) is 10.6. The van der Waals surface area contributed by atoms with Gasteiger partial charge >= 0.3 is 5.97 Å². The number of aromatic nitrogens is 1. The molecule has 2 amide bonds. The molecule has 0 saturated carbocycles. The van der Waals surface area contributed by atoms with Crippen LogP contribution in [0.15, 0.2) is 18.3 Å². The molecule has 0 aliphatic heterocycles. The van der Waals surface area contributed by atoms with E-state index in [1.807, 2.05) is 27.7 Å². The van der Waals surface area contributed by atoms with Gasteiger partial charge in [-0.1, -0.05) is 11.6 Å². The number of rotatable bonds is 7. The Morgan fingerprint density at radius 3 is 2.42 bits per heavy atom. The number of hydrogen-bond donors (Lipinski definition) is 1. The highest BCUT2D eigenvalue weighted by atomic mass is 35.5. The molecular formula is C16H22ClN3O4. The van der Waals surface area contributed by atoms with Crippen LogP contribution < -0.4 is 5.32 Å². The Hall–Kier alpha value is -2.15. The van der Waals surface area contributed by atoms with E-state index in [0.717, 1.165) is 0 Å². The molecule has 0 saturated heterocycles. The molecule has 0 spiro atoms. The smallest absolute Gasteiger partial charge is 0.325 e. The minimum absolute atomic E-state index is 0.00445. The highest BCUT2D eigenvalue weighted by Crippen LogP contribution is 2.08. The van der Waals surface area contributed by atoms with Crippen LogP contribution in [0, 0.1) is 0 Å². The molecule has 1 N–H and O–H groups in total. The lowest BCUT2D eigenvalue weighted by atomic mass is 10.2. The number of ether oxygens (including phenoxy) is 1. The van der Waals surface area contributed by atoms with Crippen molar-refractivity contribution in [1.82, 2.24) is 15.2 Å². The highest BCUT2D eigenvalue weighted by Gasteiger charge is 2.21. The Bertz CT molecular complexity index is 597. The molecule has 0 fully saturated rings. The van der Waals surface area contributed by atoms with E-state index in [1.54, 1.807) is 4.90 Å². The van der Waals surface area contributed by atoms with Crippen molar-refractivity contribution in [3.05, 3.63) is 29.0 Å². The molecule has 0 unspecified atom stereocenters. The molecule has 7 nitrogen and oxygen atoms in total. The molecule has 0 atom stereocenters. The molecule has 1 aromatic heterocycles. The van der Waals surface area contributed by atoms with Gasteiger partial charge in [-0.25, -0.2) is 0 Å². The van der Waals surface area contributed by atoms with Crippen molar-refractivity contribution < 1.29 is 19.1 Å². The fourth-order valence-electron chi connectivity index (χ4n) is 2.21. The molecule has 24 heavy (non-hydrogen) atoms. The predicted molar refractivity (Wildman–Crippen MR) is 89.7 cm³/mol. The second-order valence-corrected chi connectivity index (χ2v) is 6.13. The lowest BCUT2D eigenvalue weighted by molar-refractivity contribution is -0.152. The van der Waals surface area contributed by atoms with Gasteiger partial charge < -0.3 is 15.0 Å². The summed E-state index contributed by atoms with van der Waals surface area (Å²) in [5, 5.41) is 2.73. The lowest BCUT2D eigenvalue weighted by Crippen LogP contribution is -2.44. The van der Waals surface area contributed by atoms with Gasteiger partial charge in [-0.05, 0) is 39.8 Å². The van der Waals surface area contributed by atoms with Crippen LogP contribution in [0.1, 0.15) is 38.2 Å². The summed E-state index contributed by atoms with van der Waals surface area (Å²) in [5.41, 5.74) is 0.0946. The Morgan fingerprint density at radius 2 is 1.88 bits per heavy atom. The molecule has 132 valence electrons. The van der Waals surface area contributed by atoms with Gasteiger partial charge in [-0.2, -0.15) is 0 Å². The molecule has 0 radical (unpaired) electrons. The number of pyridine rings is 1. The summed E-state index contributed by atoms with van der Waals surface area (Å²) < 4.78 is 4.90. The summed E-state index contributed by atoms with van der Waals surface area (Å²) >= 11 is 5.76. The van der Waals surface area contributed by atoms with E-state index in [9.17, 15) is 14.4 Å². The average Bonchev–Trinajstić information content (AvgIpc) is 2.49. The van der Waals surface area contributed by atoms with Crippen molar-refractivity contribution in [2.45, 2.75) is 39.8 Å². The van der Waals surface area contributed by atoms with E-state index in [-0.39, 0.29) is 36.8 Å². The zero-order chi connectivity index (χ0) is 18.3. The van der Waals surface area contributed by atoms with Gasteiger partial charge in [0.25, 0.3) is 11.8 Å². The molecule has 1 heterocycles. The second kappa shape index (κ2) is 9.22. The van der Waals surface area contributed by atoms with Crippen molar-refractivity contribution in [3.8, 4) is 0 Å². The van der Waals surface area contributed by atoms with Crippen LogP contribution in [-0.2, 0) is 14.3 Å². The molecule has 8 heteroatoms. The predicted octanol–water partition coefficient (Wildman–Crippen LogP) is 1.65. The zero-order valence-corrected chi connectivity index (χ0v) is 15.0. The minimum atomic E-state index is -0.703. The Balaban J connectivity index is 2.44. The van der Waals surface area contributed by atoms with E-state index < -0.39 is 11.9 Å². The molecule has 0 aromatic carbocycles. The summed E-state index contributed by atoms with van der Waals surface area (Å²) in [7, 11) is 0. The van der Waals surface area contributed by atoms with E-state index >= 15 is 0 Å². The van der Waals surface area contributed by atoms with Crippen LogP contribution in [0.25, 0.3) is 0 Å². The van der Waals surface area contributed by atoms with Crippen LogP contribution in [0.2, 0.25) is 5.02 Å². The van der Waals surface area contributed by atoms with Gasteiger partial charge in [-0.3, -0.25) is 19.4 Å². The van der Waals surface area contributed by atoms with Crippen molar-refractivity contribution in [1.29, 1.82) is 0 Å². The van der Waals surface area contributed by atoms with Crippen molar-refractivity contribution in [2.24, 2.45) is 0 Å². The number of carbonyl (C=O) groups excluding carboxylic acids is 3. The summed E-state index contributed by atoms with van der Waals surface area (Å²) in [6.07, 6.45) is 1.39. The first-order chi connectivity index (χ1) is 11.2. The Labute approximate surface area is 146 Å². The molecule has 1 rings (SSSR count). The van der Waals surface area contributed by atoms with Crippen molar-refractivity contribution >= 4 is 29.4 Å². The van der Waals surface area contributed by atoms with E-state index in [0.29, 0.717) is 5.02 Å². The number of amides is 2. The largest absolute Gasteiger partial charge is 0.454 e. The van der Waals surface area contributed by atoms with E-state index in [4.69, 9.17) is 16.3 Å². The summed E-state index contributed by atoms with van der Waals surface area (Å²) in [6.45, 7) is 6.83. The maximum absolute atomic E-state index is 12.1. The fourth-order valence-corrected chi connectivity index (χ4v) is 2.37. The van der Waals surface area contributed by atoms with E-state index in [1.165, 1.54) is 18.3 Å². The third-order valence-corrected chi connectivity index (χ3v) is 3.34. The fraction of sp³-hybridized carbons (Fsp3) is 0.500. The molecule has 0 aliphatic rings. The number of hydrogen-bond acceptors (Lipinski definition) is 5. The molecular weight excluding hydrogens is 334 g/mol. The van der Waals surface area contributed by atoms with Crippen LogP contribution in [0.5, 0.6) is 0 Å². The van der Waals surface area contributed by atoms with Gasteiger partial charge in [0.05, 0.1) is 0 Å². The number of nitrogens with one attached hydrogen (secondary N) is 1. The SMILES string of the molecule is CC(C)N(C(=O)COC(=O)CNC(=O)c1cc(Cl)ccn1)C(C)C. The van der Waals surface area contributed by atoms with Crippen LogP contribution >= 0.6 is 11.6 Å². The van der Waals surface area contributed by atoms with Gasteiger partial charge in [0.2, 0.25) is 0 Å². The highest BCUT2D eigenvalue weighted by molar-refractivity contribution is 6.30. The number of nitrogens with zero attached hydrogens (tertiary/aromatic N) is 2. The van der Waals surface area contributed by atoms with Crippen LogP contribution in [-0.4, -0.2) is 52.9 Å². The van der Waals surface area contributed by atoms with Crippen LogP contribution in [0.3, 0.4) is 0 Å². The lowest BCUT2D eigenvalue weighted by Gasteiger charge is -2.30. The first-order valence-electron chi connectivity index (χ1n) is 7.59. The maximum Gasteiger partial charge on any atom is 0.325 e. The number of carbonyl (C=O) groups is 3. The topological polar surface area (TPSA) is 88.6 Å². The first kappa shape index (κ1) is 19.9. The number of esters is 1. The van der Waals surface area contributed by atoms with Gasteiger partial charge in [0.1, 0.15) is 12.2 Å². The summed E-state index contributed by atoms with van der Waals surface area (Å²) in [4.78, 5) is 41.0.